The van der Waals surface area contributed by atoms with E-state index in [0.29, 0.717) is 31.4 Å². The van der Waals surface area contributed by atoms with Gasteiger partial charge in [-0.15, -0.1) is 0 Å². The molecule has 0 radical (unpaired) electrons. The standard InChI is InChI=1S/C18H27N7O7/c19-12-3-6-25(9-12)15-20-7-13(8-21-15)31-10-11-1-4-24(5-2-11)16-22-14(23-32-16)17(26,27)18(28,29)30/h7-8,11-12,26-30H,1-6,9-10,19H2. The summed E-state index contributed by atoms with van der Waals surface area (Å²) in [7, 11) is 0. The van der Waals surface area contributed by atoms with Crippen molar-refractivity contribution in [3.63, 3.8) is 0 Å². The quantitative estimate of drug-likeness (QED) is 0.239. The van der Waals surface area contributed by atoms with E-state index in [1.54, 1.807) is 17.3 Å². The topological polar surface area (TPSA) is 208 Å². The Morgan fingerprint density at radius 3 is 2.28 bits per heavy atom. The van der Waals surface area contributed by atoms with Gasteiger partial charge < -0.3 is 50.3 Å². The number of anilines is 2. The third-order valence-corrected chi connectivity index (χ3v) is 5.69. The first kappa shape index (κ1) is 22.6. The Hall–Kier alpha value is -2.62. The van der Waals surface area contributed by atoms with Crippen molar-refractivity contribution in [1.29, 1.82) is 0 Å². The zero-order valence-electron chi connectivity index (χ0n) is 17.3. The summed E-state index contributed by atoms with van der Waals surface area (Å²) in [5, 5.41) is 49.6. The lowest BCUT2D eigenvalue weighted by atomic mass is 9.98. The summed E-state index contributed by atoms with van der Waals surface area (Å²) in [5.74, 6) is -6.72. The predicted octanol–water partition coefficient (Wildman–Crippen LogP) is -2.54. The second kappa shape index (κ2) is 8.73. The van der Waals surface area contributed by atoms with Crippen molar-refractivity contribution >= 4 is 12.0 Å². The average Bonchev–Trinajstić information content (AvgIpc) is 3.42. The summed E-state index contributed by atoms with van der Waals surface area (Å²) in [6.07, 6.45) is 5.73. The van der Waals surface area contributed by atoms with Crippen molar-refractivity contribution < 1.29 is 34.8 Å². The zero-order valence-corrected chi connectivity index (χ0v) is 17.3. The number of nitrogens with two attached hydrogens (primary N) is 1. The first-order valence-electron chi connectivity index (χ1n) is 10.3. The van der Waals surface area contributed by atoms with Gasteiger partial charge in [-0.3, -0.25) is 0 Å². The van der Waals surface area contributed by atoms with Crippen LogP contribution in [0.15, 0.2) is 16.9 Å². The molecule has 32 heavy (non-hydrogen) atoms. The SMILES string of the molecule is NC1CCN(c2ncc(OCC3CCN(c4nc(C(O)(O)C(O)(O)O)no4)CC3)cn2)C1. The van der Waals surface area contributed by atoms with Crippen molar-refractivity contribution in [3.05, 3.63) is 18.2 Å². The zero-order chi connectivity index (χ0) is 22.9. The Labute approximate surface area is 182 Å². The fourth-order valence-corrected chi connectivity index (χ4v) is 3.66. The molecule has 0 aliphatic carbocycles. The second-order valence-corrected chi connectivity index (χ2v) is 8.16. The highest BCUT2D eigenvalue weighted by Gasteiger charge is 2.52. The van der Waals surface area contributed by atoms with Crippen LogP contribution in [0.25, 0.3) is 0 Å². The lowest BCUT2D eigenvalue weighted by Gasteiger charge is -2.30. The average molecular weight is 453 g/mol. The Kier molecular flexibility index (Phi) is 6.15. The van der Waals surface area contributed by atoms with E-state index in [2.05, 4.69) is 20.1 Å². The highest BCUT2D eigenvalue weighted by molar-refractivity contribution is 5.33. The van der Waals surface area contributed by atoms with Gasteiger partial charge in [0.15, 0.2) is 5.75 Å². The molecule has 2 aliphatic heterocycles. The number of aliphatic hydroxyl groups is 5. The van der Waals surface area contributed by atoms with Crippen molar-refractivity contribution in [2.45, 2.75) is 37.1 Å². The van der Waals surface area contributed by atoms with Gasteiger partial charge in [-0.25, -0.2) is 9.97 Å². The maximum atomic E-state index is 9.61. The molecule has 1 unspecified atom stereocenters. The number of hydrogen-bond acceptors (Lipinski definition) is 14. The minimum Gasteiger partial charge on any atom is -0.490 e. The molecule has 7 N–H and O–H groups in total. The van der Waals surface area contributed by atoms with Crippen molar-refractivity contribution in [2.75, 3.05) is 42.6 Å². The summed E-state index contributed by atoms with van der Waals surface area (Å²) in [4.78, 5) is 16.2. The van der Waals surface area contributed by atoms with Crippen LogP contribution in [0.2, 0.25) is 0 Å². The van der Waals surface area contributed by atoms with Crippen molar-refractivity contribution in [3.8, 4) is 5.75 Å². The van der Waals surface area contributed by atoms with Crippen LogP contribution in [0.5, 0.6) is 5.75 Å². The molecule has 2 aromatic heterocycles. The van der Waals surface area contributed by atoms with E-state index in [0.717, 1.165) is 32.4 Å². The van der Waals surface area contributed by atoms with Gasteiger partial charge in [-0.2, -0.15) is 4.98 Å². The molecule has 2 aromatic rings. The number of piperidine rings is 1. The highest BCUT2D eigenvalue weighted by atomic mass is 16.7. The van der Waals surface area contributed by atoms with E-state index < -0.39 is 17.6 Å². The molecule has 0 amide bonds. The summed E-state index contributed by atoms with van der Waals surface area (Å²) < 4.78 is 10.8. The molecule has 4 heterocycles. The molecular formula is C18H27N7O7. The molecule has 1 atom stereocenters. The monoisotopic (exact) mass is 453 g/mol. The van der Waals surface area contributed by atoms with Crippen LogP contribution in [0, 0.1) is 5.92 Å². The summed E-state index contributed by atoms with van der Waals surface area (Å²) in [5.41, 5.74) is 5.92. The van der Waals surface area contributed by atoms with Gasteiger partial charge in [-0.1, -0.05) is 5.16 Å². The van der Waals surface area contributed by atoms with Gasteiger partial charge in [0.25, 0.3) is 0 Å². The van der Waals surface area contributed by atoms with Crippen LogP contribution in [-0.2, 0) is 5.79 Å². The molecule has 0 aromatic carbocycles. The van der Waals surface area contributed by atoms with Crippen LogP contribution in [0.3, 0.4) is 0 Å². The van der Waals surface area contributed by atoms with Crippen LogP contribution < -0.4 is 20.3 Å². The molecule has 176 valence electrons. The van der Waals surface area contributed by atoms with E-state index in [1.807, 2.05) is 4.90 Å². The maximum Gasteiger partial charge on any atom is 0.341 e. The van der Waals surface area contributed by atoms with Gasteiger partial charge in [0, 0.05) is 32.2 Å². The molecule has 0 bridgehead atoms. The Balaban J connectivity index is 1.25. The number of aromatic nitrogens is 4. The number of ether oxygens (including phenoxy) is 1. The van der Waals surface area contributed by atoms with E-state index in [1.165, 1.54) is 0 Å². The van der Waals surface area contributed by atoms with Crippen LogP contribution in [0.4, 0.5) is 12.0 Å². The van der Waals surface area contributed by atoms with Crippen molar-refractivity contribution in [1.82, 2.24) is 20.1 Å². The molecule has 0 spiro atoms. The summed E-state index contributed by atoms with van der Waals surface area (Å²) in [6.45, 7) is 3.15. The van der Waals surface area contributed by atoms with Gasteiger partial charge in [0.1, 0.15) is 0 Å². The molecule has 2 fully saturated rings. The normalized spacial score (nSPS) is 20.8. The second-order valence-electron chi connectivity index (χ2n) is 8.16. The minimum absolute atomic E-state index is 0.0262. The third-order valence-electron chi connectivity index (χ3n) is 5.69. The number of rotatable bonds is 7. The lowest BCUT2D eigenvalue weighted by Crippen LogP contribution is -2.52. The van der Waals surface area contributed by atoms with Crippen LogP contribution >= 0.6 is 0 Å². The van der Waals surface area contributed by atoms with E-state index >= 15 is 0 Å². The number of hydrogen-bond donors (Lipinski definition) is 6. The van der Waals surface area contributed by atoms with E-state index in [4.69, 9.17) is 30.3 Å². The Morgan fingerprint density at radius 2 is 1.69 bits per heavy atom. The first-order chi connectivity index (χ1) is 15.1. The van der Waals surface area contributed by atoms with E-state index in [-0.39, 0.29) is 18.0 Å². The van der Waals surface area contributed by atoms with Crippen molar-refractivity contribution in [2.24, 2.45) is 11.7 Å². The smallest absolute Gasteiger partial charge is 0.341 e. The molecule has 2 saturated heterocycles. The van der Waals surface area contributed by atoms with Crippen LogP contribution in [0.1, 0.15) is 25.1 Å². The largest absolute Gasteiger partial charge is 0.490 e. The van der Waals surface area contributed by atoms with Crippen LogP contribution in [-0.4, -0.2) is 90.4 Å². The van der Waals surface area contributed by atoms with Gasteiger partial charge >= 0.3 is 17.8 Å². The molecule has 2 aliphatic rings. The Bertz CT molecular complexity index is 894. The molecule has 0 saturated carbocycles. The summed E-state index contributed by atoms with van der Waals surface area (Å²) in [6, 6.07) is 0.128. The minimum atomic E-state index is -3.85. The van der Waals surface area contributed by atoms with E-state index in [9.17, 15) is 10.2 Å². The molecule has 14 nitrogen and oxygen atoms in total. The van der Waals surface area contributed by atoms with Gasteiger partial charge in [-0.05, 0) is 25.2 Å². The first-order valence-corrected chi connectivity index (χ1v) is 10.3. The fourth-order valence-electron chi connectivity index (χ4n) is 3.66. The predicted molar refractivity (Wildman–Crippen MR) is 107 cm³/mol. The maximum absolute atomic E-state index is 9.61. The molecule has 4 rings (SSSR count). The van der Waals surface area contributed by atoms with Gasteiger partial charge in [0.2, 0.25) is 11.8 Å². The molecular weight excluding hydrogens is 426 g/mol. The number of nitrogens with zero attached hydrogens (tertiary/aromatic N) is 6. The fraction of sp³-hybridized carbons (Fsp3) is 0.667. The summed E-state index contributed by atoms with van der Waals surface area (Å²) >= 11 is 0. The highest BCUT2D eigenvalue weighted by Crippen LogP contribution is 2.28. The molecule has 14 heteroatoms. The Morgan fingerprint density at radius 1 is 1.03 bits per heavy atom. The lowest BCUT2D eigenvalue weighted by molar-refractivity contribution is -0.456. The third kappa shape index (κ3) is 4.74. The van der Waals surface area contributed by atoms with Gasteiger partial charge in [0.05, 0.1) is 19.0 Å².